The maximum Gasteiger partial charge on any atom is 0.119 e. The van der Waals surface area contributed by atoms with Crippen LogP contribution >= 0.6 is 0 Å². The molecule has 0 amide bonds. The molecule has 4 nitrogen and oxygen atoms in total. The summed E-state index contributed by atoms with van der Waals surface area (Å²) in [6, 6.07) is 11.1. The lowest BCUT2D eigenvalue weighted by Crippen LogP contribution is -2.46. The second kappa shape index (κ2) is 8.84. The number of aliphatic hydroxyl groups excluding tert-OH is 2. The van der Waals surface area contributed by atoms with Gasteiger partial charge in [0.2, 0.25) is 0 Å². The molecule has 172 valence electrons. The predicted octanol–water partition coefficient (Wildman–Crippen LogP) is 5.23. The Morgan fingerprint density at radius 2 is 0.968 bits per heavy atom. The Hall–Kier alpha value is -2.04. The number of phenols is 2. The Morgan fingerprint density at radius 1 is 0.645 bits per heavy atom. The summed E-state index contributed by atoms with van der Waals surface area (Å²) in [7, 11) is 0. The highest BCUT2D eigenvalue weighted by Gasteiger charge is 2.41. The number of benzene rings is 2. The predicted molar refractivity (Wildman–Crippen MR) is 127 cm³/mol. The lowest BCUT2D eigenvalue weighted by Gasteiger charge is -2.40. The van der Waals surface area contributed by atoms with Gasteiger partial charge in [0.25, 0.3) is 0 Å². The molecule has 0 spiro atoms. The van der Waals surface area contributed by atoms with Crippen molar-refractivity contribution in [2.45, 2.75) is 91.3 Å². The molecule has 0 saturated heterocycles. The molecule has 2 aromatic carbocycles. The lowest BCUT2D eigenvalue weighted by molar-refractivity contribution is -0.0541. The van der Waals surface area contributed by atoms with Crippen LogP contribution in [-0.4, -0.2) is 32.6 Å². The van der Waals surface area contributed by atoms with Crippen LogP contribution in [0.3, 0.4) is 0 Å². The Morgan fingerprint density at radius 3 is 1.23 bits per heavy atom. The van der Waals surface area contributed by atoms with Gasteiger partial charge >= 0.3 is 0 Å². The standard InChI is InChI=1S/C27H40O4/c1-17(28)27(18(2)29,15-19-9-11-23(30)21(13-19)25(3,4)5)16-20-10-12-24(31)22(14-20)26(6,7)8/h9-14,17-18,28-31H,15-16H2,1-8H3. The van der Waals surface area contributed by atoms with Crippen LogP contribution in [0.5, 0.6) is 11.5 Å². The van der Waals surface area contributed by atoms with E-state index in [1.807, 2.05) is 65.8 Å². The maximum absolute atomic E-state index is 10.9. The second-order valence-electron chi connectivity index (χ2n) is 11.1. The minimum absolute atomic E-state index is 0.225. The first-order valence-corrected chi connectivity index (χ1v) is 11.1. The van der Waals surface area contributed by atoms with Gasteiger partial charge in [0.1, 0.15) is 11.5 Å². The fraction of sp³-hybridized carbons (Fsp3) is 0.556. The number of phenolic OH excluding ortho intramolecular Hbond substituents is 2. The van der Waals surface area contributed by atoms with E-state index in [1.165, 1.54) is 0 Å². The molecule has 2 aromatic rings. The van der Waals surface area contributed by atoms with Crippen molar-refractivity contribution in [1.29, 1.82) is 0 Å². The third kappa shape index (κ3) is 5.61. The fourth-order valence-electron chi connectivity index (χ4n) is 4.35. The molecule has 31 heavy (non-hydrogen) atoms. The number of rotatable bonds is 6. The molecule has 0 bridgehead atoms. The number of aliphatic hydroxyl groups is 2. The van der Waals surface area contributed by atoms with E-state index in [0.29, 0.717) is 12.8 Å². The summed E-state index contributed by atoms with van der Waals surface area (Å²) in [5.74, 6) is 0.508. The average molecular weight is 429 g/mol. The van der Waals surface area contributed by atoms with Gasteiger partial charge in [0, 0.05) is 5.41 Å². The van der Waals surface area contributed by atoms with Gasteiger partial charge in [-0.2, -0.15) is 0 Å². The van der Waals surface area contributed by atoms with Crippen LogP contribution in [0.4, 0.5) is 0 Å². The molecule has 0 radical (unpaired) electrons. The zero-order chi connectivity index (χ0) is 23.8. The Labute approximate surface area is 187 Å². The van der Waals surface area contributed by atoms with Gasteiger partial charge < -0.3 is 20.4 Å². The van der Waals surface area contributed by atoms with Crippen LogP contribution in [-0.2, 0) is 23.7 Å². The van der Waals surface area contributed by atoms with Gasteiger partial charge in [-0.15, -0.1) is 0 Å². The van der Waals surface area contributed by atoms with E-state index in [2.05, 4.69) is 0 Å². The van der Waals surface area contributed by atoms with Gasteiger partial charge in [-0.1, -0.05) is 65.8 Å². The summed E-state index contributed by atoms with van der Waals surface area (Å²) in [6.07, 6.45) is -0.632. The maximum atomic E-state index is 10.9. The van der Waals surface area contributed by atoms with Crippen molar-refractivity contribution in [3.63, 3.8) is 0 Å². The summed E-state index contributed by atoms with van der Waals surface area (Å²) >= 11 is 0. The number of hydrogen-bond acceptors (Lipinski definition) is 4. The molecule has 2 unspecified atom stereocenters. The van der Waals surface area contributed by atoms with Gasteiger partial charge in [-0.3, -0.25) is 0 Å². The van der Waals surface area contributed by atoms with E-state index in [-0.39, 0.29) is 22.3 Å². The molecule has 4 N–H and O–H groups in total. The van der Waals surface area contributed by atoms with Crippen LogP contribution < -0.4 is 0 Å². The molecule has 0 saturated carbocycles. The third-order valence-corrected chi connectivity index (χ3v) is 6.47. The van der Waals surface area contributed by atoms with Gasteiger partial charge in [-0.25, -0.2) is 0 Å². The molecule has 0 aliphatic carbocycles. The first-order valence-electron chi connectivity index (χ1n) is 11.1. The SMILES string of the molecule is CC(O)C(Cc1ccc(O)c(C(C)(C)C)c1)(Cc1ccc(O)c(C(C)(C)C)c1)C(C)O. The fourth-order valence-corrected chi connectivity index (χ4v) is 4.35. The number of hydrogen-bond donors (Lipinski definition) is 4. The third-order valence-electron chi connectivity index (χ3n) is 6.47. The average Bonchev–Trinajstić information content (AvgIpc) is 2.61. The zero-order valence-corrected chi connectivity index (χ0v) is 20.3. The van der Waals surface area contributed by atoms with Crippen LogP contribution in [0, 0.1) is 5.41 Å². The van der Waals surface area contributed by atoms with E-state index in [4.69, 9.17) is 0 Å². The van der Waals surface area contributed by atoms with Crippen molar-refractivity contribution in [3.8, 4) is 11.5 Å². The summed E-state index contributed by atoms with van der Waals surface area (Å²) in [5, 5.41) is 42.4. The van der Waals surface area contributed by atoms with Crippen molar-refractivity contribution >= 4 is 0 Å². The first-order chi connectivity index (χ1) is 14.1. The summed E-state index contributed by atoms with van der Waals surface area (Å²) < 4.78 is 0. The van der Waals surface area contributed by atoms with E-state index in [0.717, 1.165) is 22.3 Å². The Balaban J connectivity index is 2.53. The molecule has 2 atom stereocenters. The van der Waals surface area contributed by atoms with Gasteiger partial charge in [0.05, 0.1) is 12.2 Å². The topological polar surface area (TPSA) is 80.9 Å². The van der Waals surface area contributed by atoms with Crippen LogP contribution in [0.1, 0.15) is 77.6 Å². The minimum atomic E-state index is -0.821. The smallest absolute Gasteiger partial charge is 0.119 e. The molecular weight excluding hydrogens is 388 g/mol. The molecule has 0 aliphatic rings. The quantitative estimate of drug-likeness (QED) is 0.508. The van der Waals surface area contributed by atoms with E-state index in [9.17, 15) is 20.4 Å². The first kappa shape index (κ1) is 25.2. The van der Waals surface area contributed by atoms with Gasteiger partial charge in [-0.05, 0) is 71.9 Å². The van der Waals surface area contributed by atoms with Crippen molar-refractivity contribution < 1.29 is 20.4 Å². The van der Waals surface area contributed by atoms with Crippen LogP contribution in [0.25, 0.3) is 0 Å². The molecule has 0 heterocycles. The van der Waals surface area contributed by atoms with Crippen LogP contribution in [0.2, 0.25) is 0 Å². The normalized spacial score (nSPS) is 15.0. The Kier molecular flexibility index (Phi) is 7.19. The Bertz CT molecular complexity index is 823. The van der Waals surface area contributed by atoms with Gasteiger partial charge in [0.15, 0.2) is 0 Å². The molecule has 0 aromatic heterocycles. The highest BCUT2D eigenvalue weighted by molar-refractivity contribution is 5.43. The van der Waals surface area contributed by atoms with E-state index < -0.39 is 17.6 Å². The summed E-state index contributed by atoms with van der Waals surface area (Å²) in [4.78, 5) is 0. The van der Waals surface area contributed by atoms with E-state index in [1.54, 1.807) is 26.0 Å². The molecular formula is C27H40O4. The highest BCUT2D eigenvalue weighted by Crippen LogP contribution is 2.40. The van der Waals surface area contributed by atoms with Crippen molar-refractivity contribution in [2.24, 2.45) is 5.41 Å². The largest absolute Gasteiger partial charge is 0.508 e. The summed E-state index contributed by atoms with van der Waals surface area (Å²) in [5.41, 5.74) is 2.33. The molecule has 0 fully saturated rings. The minimum Gasteiger partial charge on any atom is -0.508 e. The lowest BCUT2D eigenvalue weighted by atomic mass is 9.68. The van der Waals surface area contributed by atoms with Crippen molar-refractivity contribution in [1.82, 2.24) is 0 Å². The molecule has 2 rings (SSSR count). The monoisotopic (exact) mass is 428 g/mol. The van der Waals surface area contributed by atoms with Crippen LogP contribution in [0.15, 0.2) is 36.4 Å². The zero-order valence-electron chi connectivity index (χ0n) is 20.3. The highest BCUT2D eigenvalue weighted by atomic mass is 16.3. The molecule has 0 aliphatic heterocycles. The summed E-state index contributed by atoms with van der Waals surface area (Å²) in [6.45, 7) is 15.7. The molecule has 4 heteroatoms. The van der Waals surface area contributed by atoms with Crippen molar-refractivity contribution in [2.75, 3.05) is 0 Å². The number of aromatic hydroxyl groups is 2. The van der Waals surface area contributed by atoms with Crippen molar-refractivity contribution in [3.05, 3.63) is 58.7 Å². The van der Waals surface area contributed by atoms with E-state index >= 15 is 0 Å². The second-order valence-corrected chi connectivity index (χ2v) is 11.1.